The normalized spacial score (nSPS) is 13.3. The summed E-state index contributed by atoms with van der Waals surface area (Å²) in [7, 11) is -4.39. The molecule has 0 bridgehead atoms. The van der Waals surface area contributed by atoms with Crippen LogP contribution in [0.4, 0.5) is 0 Å². The predicted octanol–water partition coefficient (Wildman–Crippen LogP) is 23.4. The van der Waals surface area contributed by atoms with Gasteiger partial charge in [0.2, 0.25) is 0 Å². The third kappa shape index (κ3) is 68.7. The van der Waals surface area contributed by atoms with Crippen LogP contribution in [0.25, 0.3) is 0 Å². The van der Waals surface area contributed by atoms with Crippen molar-refractivity contribution in [1.29, 1.82) is 0 Å². The van der Waals surface area contributed by atoms with Gasteiger partial charge < -0.3 is 20.1 Å². The minimum Gasteiger partial charge on any atom is -0.462 e. The summed E-state index contributed by atoms with van der Waals surface area (Å²) in [4.78, 5) is 35.3. The van der Waals surface area contributed by atoms with Gasteiger partial charge in [0, 0.05) is 19.4 Å². The van der Waals surface area contributed by atoms with Crippen molar-refractivity contribution in [3.05, 3.63) is 60.8 Å². The van der Waals surface area contributed by atoms with E-state index in [4.69, 9.17) is 24.3 Å². The number of hydrogen-bond donors (Lipinski definition) is 2. The van der Waals surface area contributed by atoms with Crippen LogP contribution in [-0.2, 0) is 32.7 Å². The Bertz CT molecular complexity index is 1540. The lowest BCUT2D eigenvalue weighted by Crippen LogP contribution is -2.29. The van der Waals surface area contributed by atoms with Crippen LogP contribution >= 0.6 is 7.82 Å². The summed E-state index contributed by atoms with van der Waals surface area (Å²) in [5.41, 5.74) is 5.40. The molecule has 10 heteroatoms. The molecule has 0 rings (SSSR count). The number of carbonyl (C=O) groups excluding carboxylic acids is 2. The molecule has 0 spiro atoms. The average molecular weight is 1190 g/mol. The van der Waals surface area contributed by atoms with Crippen molar-refractivity contribution in [3.8, 4) is 0 Å². The molecule has 486 valence electrons. The minimum atomic E-state index is -4.39. The molecule has 2 atom stereocenters. The van der Waals surface area contributed by atoms with E-state index in [1.54, 1.807) is 0 Å². The van der Waals surface area contributed by atoms with Crippen LogP contribution in [0, 0.1) is 0 Å². The monoisotopic (exact) mass is 1190 g/mol. The number of phosphoric ester groups is 1. The lowest BCUT2D eigenvalue weighted by molar-refractivity contribution is -0.161. The Morgan fingerprint density at radius 1 is 0.361 bits per heavy atom. The molecule has 0 aromatic carbocycles. The van der Waals surface area contributed by atoms with Crippen molar-refractivity contribution >= 4 is 19.8 Å². The van der Waals surface area contributed by atoms with Crippen molar-refractivity contribution < 1.29 is 37.6 Å². The fraction of sp³-hybridized carbons (Fsp3) is 0.836. The van der Waals surface area contributed by atoms with E-state index in [-0.39, 0.29) is 38.6 Å². The highest BCUT2D eigenvalue weighted by atomic mass is 31.2. The minimum absolute atomic E-state index is 0.0535. The number of nitrogens with two attached hydrogens (primary N) is 1. The second kappa shape index (κ2) is 68.8. The van der Waals surface area contributed by atoms with Gasteiger partial charge in [-0.15, -0.1) is 0 Å². The van der Waals surface area contributed by atoms with Crippen LogP contribution in [0.2, 0.25) is 0 Å². The molecular weight excluding hydrogens is 1050 g/mol. The van der Waals surface area contributed by atoms with Gasteiger partial charge in [-0.3, -0.25) is 18.6 Å². The zero-order chi connectivity index (χ0) is 60.1. The first-order valence-corrected chi connectivity index (χ1v) is 37.3. The molecule has 83 heavy (non-hydrogen) atoms. The van der Waals surface area contributed by atoms with Gasteiger partial charge in [-0.1, -0.05) is 325 Å². The first kappa shape index (κ1) is 80.7. The number of allylic oxidation sites excluding steroid dienone is 10. The lowest BCUT2D eigenvalue weighted by atomic mass is 10.0. The van der Waals surface area contributed by atoms with E-state index in [1.807, 2.05) is 0 Å². The number of unbranched alkanes of at least 4 members (excludes halogenated alkanes) is 45. The molecule has 0 saturated carbocycles. The van der Waals surface area contributed by atoms with Crippen molar-refractivity contribution in [1.82, 2.24) is 0 Å². The Kier molecular flexibility index (Phi) is 66.9. The van der Waals surface area contributed by atoms with E-state index in [2.05, 4.69) is 74.6 Å². The van der Waals surface area contributed by atoms with Gasteiger partial charge in [-0.05, 0) is 83.5 Å². The molecule has 9 nitrogen and oxygen atoms in total. The number of ether oxygens (including phenoxy) is 2. The molecule has 0 aliphatic carbocycles. The van der Waals surface area contributed by atoms with Gasteiger partial charge in [0.1, 0.15) is 6.61 Å². The molecule has 0 radical (unpaired) electrons. The second-order valence-electron chi connectivity index (χ2n) is 24.1. The third-order valence-electron chi connectivity index (χ3n) is 15.9. The molecular formula is C73H136NO8P. The first-order chi connectivity index (χ1) is 40.8. The van der Waals surface area contributed by atoms with Crippen LogP contribution in [0.5, 0.6) is 0 Å². The topological polar surface area (TPSA) is 134 Å². The maximum atomic E-state index is 12.8. The summed E-state index contributed by atoms with van der Waals surface area (Å²) in [6.45, 7) is 3.77. The van der Waals surface area contributed by atoms with Crippen LogP contribution in [0.15, 0.2) is 60.8 Å². The highest BCUT2D eigenvalue weighted by Crippen LogP contribution is 2.43. The number of esters is 2. The summed E-state index contributed by atoms with van der Waals surface area (Å²) in [6.07, 6.45) is 89.0. The highest BCUT2D eigenvalue weighted by molar-refractivity contribution is 7.47. The zero-order valence-corrected chi connectivity index (χ0v) is 55.6. The lowest BCUT2D eigenvalue weighted by Gasteiger charge is -2.19. The van der Waals surface area contributed by atoms with E-state index in [0.717, 1.165) is 51.4 Å². The van der Waals surface area contributed by atoms with Gasteiger partial charge in [0.25, 0.3) is 0 Å². The quantitative estimate of drug-likeness (QED) is 0.0264. The Morgan fingerprint density at radius 3 is 0.928 bits per heavy atom. The van der Waals surface area contributed by atoms with E-state index >= 15 is 0 Å². The first-order valence-electron chi connectivity index (χ1n) is 35.8. The zero-order valence-electron chi connectivity index (χ0n) is 54.7. The fourth-order valence-electron chi connectivity index (χ4n) is 10.6. The molecule has 0 heterocycles. The maximum Gasteiger partial charge on any atom is 0.472 e. The van der Waals surface area contributed by atoms with Gasteiger partial charge in [0.15, 0.2) is 6.10 Å². The number of phosphoric acid groups is 1. The molecule has 0 fully saturated rings. The van der Waals surface area contributed by atoms with E-state index in [1.165, 1.54) is 276 Å². The van der Waals surface area contributed by atoms with E-state index in [0.29, 0.717) is 6.42 Å². The number of rotatable bonds is 68. The van der Waals surface area contributed by atoms with Crippen LogP contribution < -0.4 is 5.73 Å². The summed E-state index contributed by atoms with van der Waals surface area (Å²) >= 11 is 0. The fourth-order valence-corrected chi connectivity index (χ4v) is 11.3. The largest absolute Gasteiger partial charge is 0.472 e. The van der Waals surface area contributed by atoms with Crippen LogP contribution in [0.1, 0.15) is 361 Å². The molecule has 2 unspecified atom stereocenters. The van der Waals surface area contributed by atoms with Gasteiger partial charge in [-0.2, -0.15) is 0 Å². The molecule has 0 amide bonds. The number of carbonyl (C=O) groups is 2. The van der Waals surface area contributed by atoms with Crippen LogP contribution in [0.3, 0.4) is 0 Å². The van der Waals surface area contributed by atoms with Crippen molar-refractivity contribution in [2.45, 2.75) is 367 Å². The Balaban J connectivity index is 3.77. The Hall–Kier alpha value is -2.29. The van der Waals surface area contributed by atoms with Gasteiger partial charge in [0.05, 0.1) is 13.2 Å². The molecule has 0 aromatic heterocycles. The standard InChI is InChI=1S/C73H136NO8P/c1-3-5-7-9-11-13-15-17-19-21-23-25-26-27-28-29-30-31-32-33-34-35-36-37-38-39-40-41-42-43-44-46-48-50-52-54-56-58-60-62-64-66-73(76)82-71(70-81-83(77,78)80-68-67-74)69-79-72(75)65-63-61-59-57-55-53-51-49-47-45-24-22-20-18-16-14-12-10-8-6-4-2/h15-18,21-24,26-27,71H,3-14,19-20,25,28-70,74H2,1-2H3,(H,77,78)/b17-15-,18-16-,23-21-,24-22-,27-26-. The van der Waals surface area contributed by atoms with Gasteiger partial charge >= 0.3 is 19.8 Å². The molecule has 0 aromatic rings. The average Bonchev–Trinajstić information content (AvgIpc) is 3.49. The van der Waals surface area contributed by atoms with Crippen molar-refractivity contribution in [3.63, 3.8) is 0 Å². The Labute approximate surface area is 514 Å². The van der Waals surface area contributed by atoms with Gasteiger partial charge in [-0.25, -0.2) is 4.57 Å². The molecule has 3 N–H and O–H groups in total. The van der Waals surface area contributed by atoms with Crippen molar-refractivity contribution in [2.75, 3.05) is 26.4 Å². The van der Waals surface area contributed by atoms with Crippen LogP contribution in [-0.4, -0.2) is 49.3 Å². The summed E-state index contributed by atoms with van der Waals surface area (Å²) in [6, 6.07) is 0. The Morgan fingerprint density at radius 2 is 0.627 bits per heavy atom. The molecule has 0 aliphatic heterocycles. The van der Waals surface area contributed by atoms with E-state index < -0.39 is 26.5 Å². The summed E-state index contributed by atoms with van der Waals surface area (Å²) in [5.74, 6) is -0.816. The number of hydrogen-bond acceptors (Lipinski definition) is 8. The molecule has 0 aliphatic rings. The second-order valence-corrected chi connectivity index (χ2v) is 25.6. The van der Waals surface area contributed by atoms with E-state index in [9.17, 15) is 19.0 Å². The SMILES string of the molecule is CCCCCCC/C=C\C/C=C\C/C=C\CCCCCCCCCCCCCCCCCCCCCCCCCCCCC(=O)OC(COC(=O)CCCCCCCCCCC/C=C\C/C=C\CCCCCCC)COP(=O)(O)OCCN. The third-order valence-corrected chi connectivity index (χ3v) is 16.9. The maximum absolute atomic E-state index is 12.8. The summed E-state index contributed by atoms with van der Waals surface area (Å²) in [5, 5.41) is 0. The molecule has 0 saturated heterocycles. The smallest absolute Gasteiger partial charge is 0.462 e. The summed E-state index contributed by atoms with van der Waals surface area (Å²) < 4.78 is 33.2. The highest BCUT2D eigenvalue weighted by Gasteiger charge is 2.26. The van der Waals surface area contributed by atoms with Crippen molar-refractivity contribution in [2.24, 2.45) is 5.73 Å². The predicted molar refractivity (Wildman–Crippen MR) is 358 cm³/mol.